The molecule has 0 aliphatic rings. The van der Waals surface area contributed by atoms with E-state index >= 15 is 0 Å². The van der Waals surface area contributed by atoms with Crippen LogP contribution >= 0.6 is 11.5 Å². The van der Waals surface area contributed by atoms with E-state index in [4.69, 9.17) is 0 Å². The Morgan fingerprint density at radius 2 is 2.36 bits per heavy atom. The zero-order valence-corrected chi connectivity index (χ0v) is 9.30. The van der Waals surface area contributed by atoms with Crippen LogP contribution in [0.1, 0.15) is 12.7 Å². The van der Waals surface area contributed by atoms with Gasteiger partial charge in [0, 0.05) is 25.0 Å². The smallest absolute Gasteiger partial charge is 0.325 e. The summed E-state index contributed by atoms with van der Waals surface area (Å²) in [5.74, 6) is 0.530. The predicted molar refractivity (Wildman–Crippen MR) is 54.6 cm³/mol. The molecule has 0 aliphatic heterocycles. The van der Waals surface area contributed by atoms with Crippen LogP contribution in [0.4, 0.5) is 5.13 Å². The molecule has 0 spiro atoms. The van der Waals surface area contributed by atoms with Gasteiger partial charge in [-0.2, -0.15) is 4.37 Å². The number of anilines is 1. The van der Waals surface area contributed by atoms with Crippen LogP contribution < -0.4 is 4.90 Å². The fourth-order valence-electron chi connectivity index (χ4n) is 0.869. The van der Waals surface area contributed by atoms with Crippen LogP contribution in [0.25, 0.3) is 0 Å². The number of aromatic nitrogens is 2. The molecule has 1 aromatic heterocycles. The van der Waals surface area contributed by atoms with Crippen LogP contribution in [0.3, 0.4) is 0 Å². The molecule has 0 radical (unpaired) electrons. The summed E-state index contributed by atoms with van der Waals surface area (Å²) in [6, 6.07) is 0. The van der Waals surface area contributed by atoms with Crippen molar-refractivity contribution in [2.45, 2.75) is 13.3 Å². The first kappa shape index (κ1) is 10.9. The Kier molecular flexibility index (Phi) is 3.82. The number of nitrogens with zero attached hydrogens (tertiary/aromatic N) is 3. The van der Waals surface area contributed by atoms with Gasteiger partial charge in [-0.25, -0.2) is 4.98 Å². The summed E-state index contributed by atoms with van der Waals surface area (Å²) in [5, 5.41) is 0.743. The molecule has 0 unspecified atom stereocenters. The predicted octanol–water partition coefficient (Wildman–Crippen LogP) is 0.710. The van der Waals surface area contributed by atoms with Gasteiger partial charge in [0.1, 0.15) is 12.4 Å². The van der Waals surface area contributed by atoms with E-state index < -0.39 is 0 Å². The minimum absolute atomic E-state index is 0.203. The van der Waals surface area contributed by atoms with Crippen molar-refractivity contribution in [1.82, 2.24) is 9.36 Å². The van der Waals surface area contributed by atoms with E-state index in [2.05, 4.69) is 14.1 Å². The number of methoxy groups -OCH3 is 1. The molecule has 1 aromatic rings. The standard InChI is InChI=1S/C8H13N3O2S/c1-4-6-9-8(14-10-6)11(2)5-7(12)13-3/h4-5H2,1-3H3. The van der Waals surface area contributed by atoms with Gasteiger partial charge in [0.2, 0.25) is 5.13 Å². The molecule has 1 heterocycles. The molecule has 0 saturated carbocycles. The van der Waals surface area contributed by atoms with Crippen molar-refractivity contribution in [2.24, 2.45) is 0 Å². The number of carbonyl (C=O) groups is 1. The summed E-state index contributed by atoms with van der Waals surface area (Å²) in [7, 11) is 3.16. The summed E-state index contributed by atoms with van der Waals surface area (Å²) in [6.07, 6.45) is 0.808. The van der Waals surface area contributed by atoms with Crippen LogP contribution in [0.5, 0.6) is 0 Å². The Balaban J connectivity index is 2.60. The SMILES string of the molecule is CCc1nsc(N(C)CC(=O)OC)n1. The fraction of sp³-hybridized carbons (Fsp3) is 0.625. The van der Waals surface area contributed by atoms with Crippen LogP contribution in [-0.2, 0) is 16.0 Å². The lowest BCUT2D eigenvalue weighted by molar-refractivity contribution is -0.138. The van der Waals surface area contributed by atoms with Crippen molar-refractivity contribution < 1.29 is 9.53 Å². The second-order valence-electron chi connectivity index (χ2n) is 2.78. The molecule has 1 rings (SSSR count). The molecule has 14 heavy (non-hydrogen) atoms. The van der Waals surface area contributed by atoms with E-state index in [9.17, 15) is 4.79 Å². The van der Waals surface area contributed by atoms with Crippen molar-refractivity contribution in [1.29, 1.82) is 0 Å². The van der Waals surface area contributed by atoms with Crippen LogP contribution in [0.15, 0.2) is 0 Å². The molecule has 0 amide bonds. The third-order valence-corrected chi connectivity index (χ3v) is 2.56. The molecule has 0 saturated heterocycles. The molecule has 0 atom stereocenters. The lowest BCUT2D eigenvalue weighted by atomic mass is 10.5. The molecular formula is C8H13N3O2S. The molecular weight excluding hydrogens is 202 g/mol. The monoisotopic (exact) mass is 215 g/mol. The highest BCUT2D eigenvalue weighted by atomic mass is 32.1. The maximum Gasteiger partial charge on any atom is 0.325 e. The number of rotatable bonds is 4. The van der Waals surface area contributed by atoms with Gasteiger partial charge >= 0.3 is 5.97 Å². The first-order valence-corrected chi connectivity index (χ1v) is 5.05. The van der Waals surface area contributed by atoms with E-state index in [1.54, 1.807) is 11.9 Å². The summed E-state index contributed by atoms with van der Waals surface area (Å²) in [5.41, 5.74) is 0. The number of carbonyl (C=O) groups excluding carboxylic acids is 1. The molecule has 0 bridgehead atoms. The molecule has 0 N–H and O–H groups in total. The number of likely N-dealkylation sites (N-methyl/N-ethyl adjacent to an activating group) is 1. The highest BCUT2D eigenvalue weighted by Crippen LogP contribution is 2.15. The van der Waals surface area contributed by atoms with E-state index in [1.165, 1.54) is 18.6 Å². The second kappa shape index (κ2) is 4.90. The average molecular weight is 215 g/mol. The van der Waals surface area contributed by atoms with E-state index in [0.717, 1.165) is 17.4 Å². The van der Waals surface area contributed by atoms with E-state index in [-0.39, 0.29) is 12.5 Å². The van der Waals surface area contributed by atoms with Crippen molar-refractivity contribution in [3.63, 3.8) is 0 Å². The van der Waals surface area contributed by atoms with Gasteiger partial charge in [0.05, 0.1) is 7.11 Å². The molecule has 0 aromatic carbocycles. The van der Waals surface area contributed by atoms with Crippen LogP contribution in [0.2, 0.25) is 0 Å². The van der Waals surface area contributed by atoms with E-state index in [0.29, 0.717) is 0 Å². The first-order chi connectivity index (χ1) is 6.67. The maximum absolute atomic E-state index is 11.0. The van der Waals surface area contributed by atoms with Crippen LogP contribution in [0, 0.1) is 0 Å². The van der Waals surface area contributed by atoms with Gasteiger partial charge in [-0.05, 0) is 0 Å². The van der Waals surface area contributed by atoms with Gasteiger partial charge in [-0.15, -0.1) is 0 Å². The molecule has 0 aliphatic carbocycles. The van der Waals surface area contributed by atoms with Gasteiger partial charge in [0.15, 0.2) is 0 Å². The van der Waals surface area contributed by atoms with Crippen molar-refractivity contribution in [3.05, 3.63) is 5.82 Å². The van der Waals surface area contributed by atoms with Crippen molar-refractivity contribution >= 4 is 22.6 Å². The normalized spacial score (nSPS) is 9.93. The molecule has 5 nitrogen and oxygen atoms in total. The molecule has 6 heteroatoms. The zero-order valence-electron chi connectivity index (χ0n) is 8.48. The summed E-state index contributed by atoms with van der Waals surface area (Å²) >= 11 is 1.29. The Morgan fingerprint density at radius 1 is 1.64 bits per heavy atom. The topological polar surface area (TPSA) is 55.3 Å². The number of hydrogen-bond acceptors (Lipinski definition) is 6. The molecule has 78 valence electrons. The van der Waals surface area contributed by atoms with Crippen molar-refractivity contribution in [2.75, 3.05) is 25.6 Å². The minimum Gasteiger partial charge on any atom is -0.468 e. The highest BCUT2D eigenvalue weighted by molar-refractivity contribution is 7.09. The number of esters is 1. The average Bonchev–Trinajstić information content (AvgIpc) is 2.65. The van der Waals surface area contributed by atoms with Crippen LogP contribution in [-0.4, -0.2) is 36.0 Å². The van der Waals surface area contributed by atoms with Crippen molar-refractivity contribution in [3.8, 4) is 0 Å². The third kappa shape index (κ3) is 2.66. The Hall–Kier alpha value is -1.17. The largest absolute Gasteiger partial charge is 0.468 e. The lowest BCUT2D eigenvalue weighted by Crippen LogP contribution is -2.26. The summed E-state index contributed by atoms with van der Waals surface area (Å²) in [6.45, 7) is 2.20. The zero-order chi connectivity index (χ0) is 10.6. The van der Waals surface area contributed by atoms with E-state index in [1.807, 2.05) is 6.92 Å². The number of ether oxygens (including phenoxy) is 1. The highest BCUT2D eigenvalue weighted by Gasteiger charge is 2.11. The van der Waals surface area contributed by atoms with Gasteiger partial charge in [-0.1, -0.05) is 6.92 Å². The minimum atomic E-state index is -0.277. The second-order valence-corrected chi connectivity index (χ2v) is 3.51. The third-order valence-electron chi connectivity index (χ3n) is 1.69. The Labute approximate surface area is 86.9 Å². The summed E-state index contributed by atoms with van der Waals surface area (Å²) < 4.78 is 8.68. The lowest BCUT2D eigenvalue weighted by Gasteiger charge is -2.12. The van der Waals surface area contributed by atoms with Gasteiger partial charge in [-0.3, -0.25) is 4.79 Å². The maximum atomic E-state index is 11.0. The molecule has 0 fully saturated rings. The quantitative estimate of drug-likeness (QED) is 0.692. The fourth-order valence-corrected chi connectivity index (χ4v) is 1.58. The number of aryl methyl sites for hydroxylation is 1. The summed E-state index contributed by atoms with van der Waals surface area (Å²) in [4.78, 5) is 16.9. The Bertz CT molecular complexity index is 313. The Morgan fingerprint density at radius 3 is 2.86 bits per heavy atom. The van der Waals surface area contributed by atoms with Gasteiger partial charge in [0.25, 0.3) is 0 Å². The number of hydrogen-bond donors (Lipinski definition) is 0. The van der Waals surface area contributed by atoms with Gasteiger partial charge < -0.3 is 9.64 Å². The first-order valence-electron chi connectivity index (χ1n) is 4.28.